The zero-order chi connectivity index (χ0) is 15.2. The zero-order valence-electron chi connectivity index (χ0n) is 12.2. The minimum Gasteiger partial charge on any atom is -0.397 e. The van der Waals surface area contributed by atoms with Crippen LogP contribution in [0.5, 0.6) is 0 Å². The molecule has 2 fully saturated rings. The molecule has 3 rings (SSSR count). The Hall–Kier alpha value is -0.680. The van der Waals surface area contributed by atoms with Crippen LogP contribution in [0.1, 0.15) is 33.1 Å². The van der Waals surface area contributed by atoms with E-state index in [1.807, 2.05) is 13.8 Å². The van der Waals surface area contributed by atoms with Crippen LogP contribution in [0.2, 0.25) is 10.0 Å². The van der Waals surface area contributed by atoms with Crippen LogP contribution in [-0.2, 0) is 9.47 Å². The second-order valence-corrected chi connectivity index (χ2v) is 7.03. The molecule has 4 nitrogen and oxygen atoms in total. The van der Waals surface area contributed by atoms with Gasteiger partial charge in [0.25, 0.3) is 0 Å². The molecule has 1 aromatic carbocycles. The van der Waals surface area contributed by atoms with Gasteiger partial charge in [-0.25, -0.2) is 0 Å². The van der Waals surface area contributed by atoms with Crippen molar-refractivity contribution < 1.29 is 9.47 Å². The first-order valence-corrected chi connectivity index (χ1v) is 7.96. The highest BCUT2D eigenvalue weighted by Crippen LogP contribution is 2.38. The van der Waals surface area contributed by atoms with Crippen molar-refractivity contribution in [1.82, 2.24) is 0 Å². The molecule has 3 unspecified atom stereocenters. The minimum atomic E-state index is -0.479. The number of nitrogens with one attached hydrogen (secondary N) is 1. The van der Waals surface area contributed by atoms with Gasteiger partial charge in [0, 0.05) is 6.04 Å². The quantitative estimate of drug-likeness (QED) is 0.803. The summed E-state index contributed by atoms with van der Waals surface area (Å²) in [5, 5.41) is 4.43. The molecule has 3 N–H and O–H groups in total. The number of halogens is 2. The monoisotopic (exact) mass is 330 g/mol. The van der Waals surface area contributed by atoms with Crippen molar-refractivity contribution in [2.24, 2.45) is 0 Å². The molecule has 0 amide bonds. The third-order valence-electron chi connectivity index (χ3n) is 4.05. The average molecular weight is 331 g/mol. The number of ether oxygens (including phenoxy) is 2. The van der Waals surface area contributed by atoms with Crippen LogP contribution in [0, 0.1) is 0 Å². The van der Waals surface area contributed by atoms with E-state index in [4.69, 9.17) is 38.4 Å². The van der Waals surface area contributed by atoms with Crippen molar-refractivity contribution in [3.63, 3.8) is 0 Å². The molecular weight excluding hydrogens is 311 g/mol. The number of benzene rings is 1. The Morgan fingerprint density at radius 3 is 2.57 bits per heavy atom. The average Bonchev–Trinajstić information content (AvgIpc) is 2.69. The van der Waals surface area contributed by atoms with E-state index in [9.17, 15) is 0 Å². The summed E-state index contributed by atoms with van der Waals surface area (Å²) in [5.74, 6) is -0.479. The lowest BCUT2D eigenvalue weighted by Crippen LogP contribution is -2.37. The van der Waals surface area contributed by atoms with Gasteiger partial charge in [0.05, 0.1) is 33.6 Å². The molecule has 2 aliphatic rings. The van der Waals surface area contributed by atoms with Crippen LogP contribution in [0.25, 0.3) is 0 Å². The molecule has 1 aromatic rings. The maximum Gasteiger partial charge on any atom is 0.163 e. The van der Waals surface area contributed by atoms with E-state index < -0.39 is 5.79 Å². The fourth-order valence-electron chi connectivity index (χ4n) is 3.16. The van der Waals surface area contributed by atoms with Gasteiger partial charge in [0.2, 0.25) is 0 Å². The smallest absolute Gasteiger partial charge is 0.163 e. The predicted molar refractivity (Wildman–Crippen MR) is 86.0 cm³/mol. The summed E-state index contributed by atoms with van der Waals surface area (Å²) in [6.07, 6.45) is 3.22. The van der Waals surface area contributed by atoms with Crippen molar-refractivity contribution in [2.45, 2.75) is 57.1 Å². The number of rotatable bonds is 2. The summed E-state index contributed by atoms with van der Waals surface area (Å²) in [4.78, 5) is 0. The van der Waals surface area contributed by atoms with Gasteiger partial charge in [-0.1, -0.05) is 23.2 Å². The third-order valence-corrected chi connectivity index (χ3v) is 4.78. The molecule has 6 heteroatoms. The molecule has 116 valence electrons. The summed E-state index contributed by atoms with van der Waals surface area (Å²) in [6, 6.07) is 3.75. The van der Waals surface area contributed by atoms with Crippen molar-refractivity contribution in [1.29, 1.82) is 0 Å². The molecule has 1 saturated carbocycles. The molecular formula is C15H20Cl2N2O2. The first kappa shape index (κ1) is 15.2. The summed E-state index contributed by atoms with van der Waals surface area (Å²) < 4.78 is 11.8. The number of anilines is 2. The highest BCUT2D eigenvalue weighted by Gasteiger charge is 2.44. The van der Waals surface area contributed by atoms with Crippen LogP contribution in [0.15, 0.2) is 12.1 Å². The van der Waals surface area contributed by atoms with E-state index in [1.54, 1.807) is 12.1 Å². The summed E-state index contributed by atoms with van der Waals surface area (Å²) in [6.45, 7) is 3.93. The normalized spacial score (nSPS) is 31.0. The number of nitrogens with two attached hydrogens (primary N) is 1. The highest BCUT2D eigenvalue weighted by molar-refractivity contribution is 6.42. The molecule has 1 saturated heterocycles. The van der Waals surface area contributed by atoms with Gasteiger partial charge in [-0.05, 0) is 45.2 Å². The number of fused-ring (bicyclic) bond motifs is 1. The molecule has 21 heavy (non-hydrogen) atoms. The molecule has 0 spiro atoms. The fraction of sp³-hybridized carbons (Fsp3) is 0.600. The van der Waals surface area contributed by atoms with Crippen LogP contribution in [-0.4, -0.2) is 24.0 Å². The van der Waals surface area contributed by atoms with Crippen LogP contribution < -0.4 is 11.1 Å². The second kappa shape index (κ2) is 5.51. The Morgan fingerprint density at radius 1 is 1.14 bits per heavy atom. The standard InChI is InChI=1S/C15H20Cl2N2O2/c1-15(2)20-13-4-3-8(5-14(13)21-15)19-12-7-10(17)9(16)6-11(12)18/h6-8,13-14,19H,3-5,18H2,1-2H3. The van der Waals surface area contributed by atoms with Crippen molar-refractivity contribution in [3.8, 4) is 0 Å². The van der Waals surface area contributed by atoms with Gasteiger partial charge in [-0.2, -0.15) is 0 Å². The molecule has 1 aliphatic heterocycles. The van der Waals surface area contributed by atoms with Crippen molar-refractivity contribution in [3.05, 3.63) is 22.2 Å². The zero-order valence-corrected chi connectivity index (χ0v) is 13.7. The first-order valence-electron chi connectivity index (χ1n) is 7.21. The lowest BCUT2D eigenvalue weighted by atomic mass is 9.90. The Morgan fingerprint density at radius 2 is 1.81 bits per heavy atom. The van der Waals surface area contributed by atoms with Gasteiger partial charge in [0.1, 0.15) is 0 Å². The molecule has 1 heterocycles. The van der Waals surface area contributed by atoms with Gasteiger partial charge >= 0.3 is 0 Å². The van der Waals surface area contributed by atoms with Gasteiger partial charge in [-0.15, -0.1) is 0 Å². The SMILES string of the molecule is CC1(C)OC2CCC(Nc3cc(Cl)c(Cl)cc3N)CC2O1. The highest BCUT2D eigenvalue weighted by atomic mass is 35.5. The Bertz CT molecular complexity index is 551. The maximum absolute atomic E-state index is 6.06. The van der Waals surface area contributed by atoms with Crippen molar-refractivity contribution >= 4 is 34.6 Å². The van der Waals surface area contributed by atoms with Gasteiger partial charge < -0.3 is 20.5 Å². The molecule has 1 aliphatic carbocycles. The Labute approximate surface area is 134 Å². The van der Waals surface area contributed by atoms with E-state index in [-0.39, 0.29) is 12.2 Å². The molecule has 0 radical (unpaired) electrons. The molecule has 3 atom stereocenters. The lowest BCUT2D eigenvalue weighted by molar-refractivity contribution is -0.145. The van der Waals surface area contributed by atoms with E-state index in [1.165, 1.54) is 0 Å². The van der Waals surface area contributed by atoms with Crippen molar-refractivity contribution in [2.75, 3.05) is 11.1 Å². The van der Waals surface area contributed by atoms with Gasteiger partial charge in [-0.3, -0.25) is 0 Å². The van der Waals surface area contributed by atoms with Crippen LogP contribution in [0.3, 0.4) is 0 Å². The predicted octanol–water partition coefficient (Wildman–Crippen LogP) is 4.06. The van der Waals surface area contributed by atoms with E-state index in [0.29, 0.717) is 21.8 Å². The second-order valence-electron chi connectivity index (χ2n) is 6.22. The third kappa shape index (κ3) is 3.24. The first-order chi connectivity index (χ1) is 9.84. The summed E-state index contributed by atoms with van der Waals surface area (Å²) >= 11 is 12.0. The fourth-order valence-corrected chi connectivity index (χ4v) is 3.49. The molecule has 0 bridgehead atoms. The van der Waals surface area contributed by atoms with E-state index in [0.717, 1.165) is 24.9 Å². The summed E-state index contributed by atoms with van der Waals surface area (Å²) in [7, 11) is 0. The van der Waals surface area contributed by atoms with E-state index >= 15 is 0 Å². The lowest BCUT2D eigenvalue weighted by Gasteiger charge is -2.31. The Kier molecular flexibility index (Phi) is 3.99. The minimum absolute atomic E-state index is 0.134. The van der Waals surface area contributed by atoms with E-state index in [2.05, 4.69) is 5.32 Å². The Balaban J connectivity index is 1.69. The van der Waals surface area contributed by atoms with Gasteiger partial charge in [0.15, 0.2) is 5.79 Å². The number of hydrogen-bond acceptors (Lipinski definition) is 4. The summed E-state index contributed by atoms with van der Waals surface area (Å²) in [5.41, 5.74) is 7.43. The largest absolute Gasteiger partial charge is 0.397 e. The number of nitrogen functional groups attached to an aromatic ring is 1. The van der Waals surface area contributed by atoms with Crippen LogP contribution >= 0.6 is 23.2 Å². The maximum atomic E-state index is 6.06. The number of hydrogen-bond donors (Lipinski definition) is 2. The molecule has 0 aromatic heterocycles. The van der Waals surface area contributed by atoms with Crippen LogP contribution in [0.4, 0.5) is 11.4 Å². The topological polar surface area (TPSA) is 56.5 Å².